The van der Waals surface area contributed by atoms with E-state index < -0.39 is 11.7 Å². The molecule has 0 fully saturated rings. The van der Waals surface area contributed by atoms with Gasteiger partial charge in [-0.05, 0) is 45.4 Å². The summed E-state index contributed by atoms with van der Waals surface area (Å²) < 4.78 is 5.08. The molecule has 1 amide bonds. The summed E-state index contributed by atoms with van der Waals surface area (Å²) in [5, 5.41) is 21.1. The predicted molar refractivity (Wildman–Crippen MR) is 72.0 cm³/mol. The van der Waals surface area contributed by atoms with Gasteiger partial charge in [0.25, 0.3) is 0 Å². The van der Waals surface area contributed by atoms with Gasteiger partial charge in [-0.1, -0.05) is 6.07 Å². The summed E-state index contributed by atoms with van der Waals surface area (Å²) in [6.07, 6.45) is -0.635. The Kier molecular flexibility index (Phi) is 4.38. The molecule has 0 bridgehead atoms. The SMILES string of the molecule is CC(C#N)c1ccc(NC(=O)OC(C)(C)C)c(O)c1. The lowest BCUT2D eigenvalue weighted by Crippen LogP contribution is -2.27. The van der Waals surface area contributed by atoms with E-state index in [1.54, 1.807) is 39.8 Å². The van der Waals surface area contributed by atoms with Crippen LogP contribution in [0.3, 0.4) is 0 Å². The van der Waals surface area contributed by atoms with Crippen LogP contribution in [0.1, 0.15) is 39.2 Å². The standard InChI is InChI=1S/C14H18N2O3/c1-9(8-15)10-5-6-11(12(17)7-10)16-13(18)19-14(2,3)4/h5-7,9,17H,1-4H3,(H,16,18). The van der Waals surface area contributed by atoms with Gasteiger partial charge in [-0.25, -0.2) is 4.79 Å². The Bertz CT molecular complexity index is 512. The summed E-state index contributed by atoms with van der Waals surface area (Å²) in [4.78, 5) is 11.6. The van der Waals surface area contributed by atoms with Crippen molar-refractivity contribution in [1.29, 1.82) is 5.26 Å². The van der Waals surface area contributed by atoms with Crippen LogP contribution in [-0.2, 0) is 4.74 Å². The number of phenols is 1. The number of nitrogens with one attached hydrogen (secondary N) is 1. The molecule has 0 aliphatic rings. The molecule has 0 heterocycles. The van der Waals surface area contributed by atoms with Gasteiger partial charge in [-0.3, -0.25) is 5.32 Å². The first-order chi connectivity index (χ1) is 8.73. The molecule has 1 atom stereocenters. The van der Waals surface area contributed by atoms with Crippen LogP contribution >= 0.6 is 0 Å². The van der Waals surface area contributed by atoms with Crippen molar-refractivity contribution in [2.75, 3.05) is 5.32 Å². The molecular formula is C14H18N2O3. The molecule has 1 aromatic carbocycles. The molecule has 2 N–H and O–H groups in total. The smallest absolute Gasteiger partial charge is 0.412 e. The fourth-order valence-electron chi connectivity index (χ4n) is 1.41. The Morgan fingerprint density at radius 3 is 2.58 bits per heavy atom. The van der Waals surface area contributed by atoms with Crippen LogP contribution < -0.4 is 5.32 Å². The summed E-state index contributed by atoms with van der Waals surface area (Å²) in [6.45, 7) is 6.99. The van der Waals surface area contributed by atoms with E-state index in [1.165, 1.54) is 6.07 Å². The molecule has 0 aliphatic carbocycles. The predicted octanol–water partition coefficient (Wildman–Crippen LogP) is 3.37. The van der Waals surface area contributed by atoms with Crippen LogP contribution in [0.15, 0.2) is 18.2 Å². The van der Waals surface area contributed by atoms with Crippen molar-refractivity contribution < 1.29 is 14.6 Å². The zero-order valence-corrected chi connectivity index (χ0v) is 11.5. The van der Waals surface area contributed by atoms with Crippen LogP contribution in [0.4, 0.5) is 10.5 Å². The number of hydrogen-bond acceptors (Lipinski definition) is 4. The normalized spacial score (nSPS) is 12.4. The monoisotopic (exact) mass is 262 g/mol. The van der Waals surface area contributed by atoms with Crippen molar-refractivity contribution in [3.05, 3.63) is 23.8 Å². The quantitative estimate of drug-likeness (QED) is 0.800. The first kappa shape index (κ1) is 14.8. The summed E-state index contributed by atoms with van der Waals surface area (Å²) >= 11 is 0. The molecule has 102 valence electrons. The van der Waals surface area contributed by atoms with Crippen LogP contribution in [0.2, 0.25) is 0 Å². The Morgan fingerprint density at radius 2 is 2.11 bits per heavy atom. The van der Waals surface area contributed by atoms with Crippen molar-refractivity contribution in [3.63, 3.8) is 0 Å². The number of hydrogen-bond donors (Lipinski definition) is 2. The average molecular weight is 262 g/mol. The molecule has 0 radical (unpaired) electrons. The largest absolute Gasteiger partial charge is 0.506 e. The minimum atomic E-state index is -0.635. The lowest BCUT2D eigenvalue weighted by atomic mass is 10.0. The number of benzene rings is 1. The highest BCUT2D eigenvalue weighted by Crippen LogP contribution is 2.28. The number of carbonyl (C=O) groups excluding carboxylic acids is 1. The zero-order chi connectivity index (χ0) is 14.6. The number of rotatable bonds is 2. The second-order valence-electron chi connectivity index (χ2n) is 5.25. The first-order valence-electron chi connectivity index (χ1n) is 5.95. The molecule has 5 nitrogen and oxygen atoms in total. The molecule has 0 spiro atoms. The summed E-state index contributed by atoms with van der Waals surface area (Å²) in [6, 6.07) is 6.76. The van der Waals surface area contributed by atoms with Gasteiger partial charge in [-0.2, -0.15) is 5.26 Å². The van der Waals surface area contributed by atoms with Gasteiger partial charge in [0.05, 0.1) is 17.7 Å². The van der Waals surface area contributed by atoms with E-state index in [9.17, 15) is 9.90 Å². The van der Waals surface area contributed by atoms with Crippen LogP contribution in [-0.4, -0.2) is 16.8 Å². The third-order valence-corrected chi connectivity index (χ3v) is 2.35. The van der Waals surface area contributed by atoms with E-state index in [0.717, 1.165) is 0 Å². The molecular weight excluding hydrogens is 244 g/mol. The molecule has 0 aromatic heterocycles. The van der Waals surface area contributed by atoms with Gasteiger partial charge in [0.2, 0.25) is 0 Å². The Hall–Kier alpha value is -2.22. The molecule has 0 saturated heterocycles. The molecule has 19 heavy (non-hydrogen) atoms. The highest BCUT2D eigenvalue weighted by molar-refractivity contribution is 5.86. The Labute approximate surface area is 112 Å². The van der Waals surface area contributed by atoms with Crippen LogP contribution in [0.5, 0.6) is 5.75 Å². The molecule has 1 aromatic rings. The van der Waals surface area contributed by atoms with E-state index in [-0.39, 0.29) is 17.4 Å². The third kappa shape index (κ3) is 4.51. The van der Waals surface area contributed by atoms with Gasteiger partial charge < -0.3 is 9.84 Å². The van der Waals surface area contributed by atoms with Crippen molar-refractivity contribution in [3.8, 4) is 11.8 Å². The van der Waals surface area contributed by atoms with Crippen molar-refractivity contribution >= 4 is 11.8 Å². The maximum atomic E-state index is 11.6. The van der Waals surface area contributed by atoms with Crippen molar-refractivity contribution in [2.45, 2.75) is 39.2 Å². The number of nitriles is 1. The maximum absolute atomic E-state index is 11.6. The second-order valence-corrected chi connectivity index (χ2v) is 5.25. The number of anilines is 1. The topological polar surface area (TPSA) is 82.4 Å². The van der Waals surface area contributed by atoms with Crippen LogP contribution in [0.25, 0.3) is 0 Å². The van der Waals surface area contributed by atoms with E-state index in [2.05, 4.69) is 11.4 Å². The summed E-state index contributed by atoms with van der Waals surface area (Å²) in [7, 11) is 0. The van der Waals surface area contributed by atoms with Gasteiger partial charge in [-0.15, -0.1) is 0 Å². The maximum Gasteiger partial charge on any atom is 0.412 e. The number of ether oxygens (including phenoxy) is 1. The number of aromatic hydroxyl groups is 1. The summed E-state index contributed by atoms with van der Waals surface area (Å²) in [5.41, 5.74) is 0.340. The Balaban J connectivity index is 2.81. The lowest BCUT2D eigenvalue weighted by molar-refractivity contribution is 0.0635. The number of amides is 1. The minimum Gasteiger partial charge on any atom is -0.506 e. The van der Waals surface area contributed by atoms with E-state index in [1.807, 2.05) is 0 Å². The van der Waals surface area contributed by atoms with Crippen LogP contribution in [0, 0.1) is 11.3 Å². The van der Waals surface area contributed by atoms with Gasteiger partial charge in [0, 0.05) is 0 Å². The molecule has 0 saturated carbocycles. The first-order valence-corrected chi connectivity index (χ1v) is 5.95. The number of nitrogens with zero attached hydrogens (tertiary/aromatic N) is 1. The highest BCUT2D eigenvalue weighted by Gasteiger charge is 2.17. The van der Waals surface area contributed by atoms with Gasteiger partial charge >= 0.3 is 6.09 Å². The van der Waals surface area contributed by atoms with E-state index >= 15 is 0 Å². The molecule has 5 heteroatoms. The van der Waals surface area contributed by atoms with Crippen molar-refractivity contribution in [2.24, 2.45) is 0 Å². The highest BCUT2D eigenvalue weighted by atomic mass is 16.6. The average Bonchev–Trinajstić information content (AvgIpc) is 2.28. The van der Waals surface area contributed by atoms with E-state index in [4.69, 9.17) is 10.00 Å². The zero-order valence-electron chi connectivity index (χ0n) is 11.5. The molecule has 1 rings (SSSR count). The fraction of sp³-hybridized carbons (Fsp3) is 0.429. The van der Waals surface area contributed by atoms with E-state index in [0.29, 0.717) is 5.56 Å². The minimum absolute atomic E-state index is 0.0922. The number of phenolic OH excluding ortho intramolecular Hbond substituents is 1. The van der Waals surface area contributed by atoms with Gasteiger partial charge in [0.1, 0.15) is 11.4 Å². The summed E-state index contributed by atoms with van der Waals surface area (Å²) in [5.74, 6) is -0.410. The fourth-order valence-corrected chi connectivity index (χ4v) is 1.41. The second kappa shape index (κ2) is 5.61. The number of carbonyl (C=O) groups is 1. The molecule has 0 aliphatic heterocycles. The Morgan fingerprint density at radius 1 is 1.47 bits per heavy atom. The van der Waals surface area contributed by atoms with Gasteiger partial charge in [0.15, 0.2) is 0 Å². The lowest BCUT2D eigenvalue weighted by Gasteiger charge is -2.20. The van der Waals surface area contributed by atoms with Crippen molar-refractivity contribution in [1.82, 2.24) is 0 Å². The molecule has 1 unspecified atom stereocenters. The third-order valence-electron chi connectivity index (χ3n) is 2.35.